The molecule has 0 spiro atoms. The second-order valence-electron chi connectivity index (χ2n) is 3.87. The maximum Gasteiger partial charge on any atom is 0.323 e. The Kier molecular flexibility index (Phi) is 5.53. The highest BCUT2D eigenvalue weighted by molar-refractivity contribution is 5.36. The highest BCUT2D eigenvalue weighted by Gasteiger charge is 2.11. The van der Waals surface area contributed by atoms with Crippen LogP contribution in [0.25, 0.3) is 0 Å². The first kappa shape index (κ1) is 14.4. The van der Waals surface area contributed by atoms with E-state index < -0.39 is 0 Å². The Balaban J connectivity index is 2.77. The molecule has 3 N–H and O–H groups in total. The van der Waals surface area contributed by atoms with E-state index in [0.717, 1.165) is 0 Å². The third kappa shape index (κ3) is 4.30. The zero-order chi connectivity index (χ0) is 13.5. The summed E-state index contributed by atoms with van der Waals surface area (Å²) in [5.41, 5.74) is 2.38. The summed E-state index contributed by atoms with van der Waals surface area (Å²) >= 11 is 0. The van der Waals surface area contributed by atoms with Crippen LogP contribution in [0.15, 0.2) is 0 Å². The van der Waals surface area contributed by atoms with E-state index in [1.807, 2.05) is 27.9 Å². The molecule has 0 radical (unpaired) electrons. The minimum atomic E-state index is -0.145. The van der Waals surface area contributed by atoms with Crippen molar-refractivity contribution >= 4 is 11.9 Å². The molecule has 0 bridgehead atoms. The second kappa shape index (κ2) is 6.92. The quantitative estimate of drug-likeness (QED) is 0.520. The number of nitrogens with one attached hydrogen (secondary N) is 1. The van der Waals surface area contributed by atoms with Crippen molar-refractivity contribution in [2.24, 2.45) is 5.84 Å². The molecular weight excluding hydrogens is 236 g/mol. The highest BCUT2D eigenvalue weighted by Crippen LogP contribution is 2.13. The number of nitrogens with zero attached hydrogens (tertiary/aromatic N) is 4. The number of anilines is 2. The van der Waals surface area contributed by atoms with Crippen molar-refractivity contribution in [3.63, 3.8) is 0 Å². The number of ether oxygens (including phenoxy) is 2. The minimum Gasteiger partial charge on any atom is -0.458 e. The van der Waals surface area contributed by atoms with Crippen molar-refractivity contribution in [3.8, 4) is 6.01 Å². The predicted molar refractivity (Wildman–Crippen MR) is 68.5 cm³/mol. The van der Waals surface area contributed by atoms with E-state index in [9.17, 15) is 0 Å². The standard InChI is InChI=1S/C10H20N6O2/c1-5-17-6-7(2)18-10-13-8(15-11)12-9(14-10)16(3)4/h7H,5-6,11H2,1-4H3,(H,12,13,14,15). The number of nitrogens with two attached hydrogens (primary N) is 1. The lowest BCUT2D eigenvalue weighted by atomic mass is 10.4. The third-order valence-electron chi connectivity index (χ3n) is 2.00. The van der Waals surface area contributed by atoms with Crippen LogP contribution in [0, 0.1) is 0 Å². The number of aromatic nitrogens is 3. The van der Waals surface area contributed by atoms with Crippen molar-refractivity contribution in [2.75, 3.05) is 37.6 Å². The van der Waals surface area contributed by atoms with E-state index in [-0.39, 0.29) is 18.1 Å². The monoisotopic (exact) mass is 256 g/mol. The highest BCUT2D eigenvalue weighted by atomic mass is 16.5. The van der Waals surface area contributed by atoms with Gasteiger partial charge in [0, 0.05) is 20.7 Å². The van der Waals surface area contributed by atoms with Gasteiger partial charge in [0.1, 0.15) is 6.10 Å². The van der Waals surface area contributed by atoms with Gasteiger partial charge < -0.3 is 14.4 Å². The van der Waals surface area contributed by atoms with Crippen LogP contribution in [-0.4, -0.2) is 48.4 Å². The summed E-state index contributed by atoms with van der Waals surface area (Å²) in [6, 6.07) is 0.217. The van der Waals surface area contributed by atoms with Crippen LogP contribution >= 0.6 is 0 Å². The third-order valence-corrected chi connectivity index (χ3v) is 2.00. The molecule has 1 atom stereocenters. The second-order valence-corrected chi connectivity index (χ2v) is 3.87. The van der Waals surface area contributed by atoms with Crippen LogP contribution in [-0.2, 0) is 4.74 Å². The molecule has 0 aliphatic rings. The molecule has 0 saturated carbocycles. The Morgan fingerprint density at radius 1 is 1.33 bits per heavy atom. The molecule has 0 amide bonds. The van der Waals surface area contributed by atoms with Gasteiger partial charge in [0.05, 0.1) is 6.61 Å². The van der Waals surface area contributed by atoms with Gasteiger partial charge >= 0.3 is 6.01 Å². The molecule has 1 aromatic rings. The molecule has 0 aliphatic carbocycles. The minimum absolute atomic E-state index is 0.145. The van der Waals surface area contributed by atoms with Gasteiger partial charge in [0.15, 0.2) is 0 Å². The van der Waals surface area contributed by atoms with Crippen molar-refractivity contribution in [2.45, 2.75) is 20.0 Å². The van der Waals surface area contributed by atoms with Crippen molar-refractivity contribution < 1.29 is 9.47 Å². The summed E-state index contributed by atoms with van der Waals surface area (Å²) in [6.45, 7) is 4.93. The molecule has 0 aromatic carbocycles. The summed E-state index contributed by atoms with van der Waals surface area (Å²) < 4.78 is 10.8. The Bertz CT molecular complexity index is 373. The number of rotatable bonds is 7. The average molecular weight is 256 g/mol. The molecule has 1 aromatic heterocycles. The van der Waals surface area contributed by atoms with E-state index in [0.29, 0.717) is 19.2 Å². The SMILES string of the molecule is CCOCC(C)Oc1nc(NN)nc(N(C)C)n1. The first-order valence-corrected chi connectivity index (χ1v) is 5.71. The Hall–Kier alpha value is -1.67. The molecular formula is C10H20N6O2. The zero-order valence-electron chi connectivity index (χ0n) is 11.2. The lowest BCUT2D eigenvalue weighted by molar-refractivity contribution is 0.0607. The van der Waals surface area contributed by atoms with E-state index >= 15 is 0 Å². The molecule has 1 unspecified atom stereocenters. The Morgan fingerprint density at radius 2 is 2.06 bits per heavy atom. The zero-order valence-corrected chi connectivity index (χ0v) is 11.2. The smallest absolute Gasteiger partial charge is 0.323 e. The Morgan fingerprint density at radius 3 is 2.61 bits per heavy atom. The molecule has 0 aliphatic heterocycles. The van der Waals surface area contributed by atoms with Crippen molar-refractivity contribution in [1.82, 2.24) is 15.0 Å². The number of nitrogen functional groups attached to an aromatic ring is 1. The summed E-state index contributed by atoms with van der Waals surface area (Å²) in [5, 5.41) is 0. The maximum absolute atomic E-state index is 5.54. The Labute approximate surface area is 106 Å². The predicted octanol–water partition coefficient (Wildman–Crippen LogP) is 0.0270. The van der Waals surface area contributed by atoms with Gasteiger partial charge in [-0.1, -0.05) is 0 Å². The van der Waals surface area contributed by atoms with Crippen molar-refractivity contribution in [3.05, 3.63) is 0 Å². The molecule has 1 rings (SSSR count). The largest absolute Gasteiger partial charge is 0.458 e. The molecule has 0 saturated heterocycles. The number of hydrogen-bond acceptors (Lipinski definition) is 8. The number of hydrogen-bond donors (Lipinski definition) is 2. The van der Waals surface area contributed by atoms with E-state index in [4.69, 9.17) is 15.3 Å². The van der Waals surface area contributed by atoms with Gasteiger partial charge in [-0.15, -0.1) is 0 Å². The number of hydrazine groups is 1. The lowest BCUT2D eigenvalue weighted by Gasteiger charge is -2.15. The van der Waals surface area contributed by atoms with Crippen LogP contribution in [0.4, 0.5) is 11.9 Å². The van der Waals surface area contributed by atoms with Crippen LogP contribution < -0.4 is 20.9 Å². The molecule has 8 heteroatoms. The molecule has 8 nitrogen and oxygen atoms in total. The fourth-order valence-electron chi connectivity index (χ4n) is 1.16. The average Bonchev–Trinajstić information content (AvgIpc) is 2.35. The summed E-state index contributed by atoms with van der Waals surface area (Å²) in [7, 11) is 3.64. The lowest BCUT2D eigenvalue weighted by Crippen LogP contribution is -2.23. The van der Waals surface area contributed by atoms with Gasteiger partial charge in [-0.25, -0.2) is 5.84 Å². The molecule has 102 valence electrons. The van der Waals surface area contributed by atoms with Gasteiger partial charge in [-0.3, -0.25) is 5.43 Å². The van der Waals surface area contributed by atoms with Crippen LogP contribution in [0.3, 0.4) is 0 Å². The van der Waals surface area contributed by atoms with Gasteiger partial charge in [-0.2, -0.15) is 15.0 Å². The van der Waals surface area contributed by atoms with Crippen LogP contribution in [0.2, 0.25) is 0 Å². The maximum atomic E-state index is 5.54. The summed E-state index contributed by atoms with van der Waals surface area (Å²) in [6.07, 6.45) is -0.145. The van der Waals surface area contributed by atoms with E-state index in [1.54, 1.807) is 4.90 Å². The fraction of sp³-hybridized carbons (Fsp3) is 0.700. The summed E-state index contributed by atoms with van der Waals surface area (Å²) in [5.74, 6) is 6.02. The first-order valence-electron chi connectivity index (χ1n) is 5.71. The molecule has 0 fully saturated rings. The van der Waals surface area contributed by atoms with Gasteiger partial charge in [-0.05, 0) is 13.8 Å². The van der Waals surface area contributed by atoms with Gasteiger partial charge in [0.25, 0.3) is 0 Å². The first-order chi connectivity index (χ1) is 8.56. The van der Waals surface area contributed by atoms with Crippen LogP contribution in [0.1, 0.15) is 13.8 Å². The molecule has 1 heterocycles. The summed E-state index contributed by atoms with van der Waals surface area (Å²) in [4.78, 5) is 14.0. The molecule has 18 heavy (non-hydrogen) atoms. The van der Waals surface area contributed by atoms with Crippen LogP contribution in [0.5, 0.6) is 6.01 Å². The van der Waals surface area contributed by atoms with Gasteiger partial charge in [0.2, 0.25) is 11.9 Å². The topological polar surface area (TPSA) is 98.4 Å². The van der Waals surface area contributed by atoms with Crippen molar-refractivity contribution in [1.29, 1.82) is 0 Å². The fourth-order valence-corrected chi connectivity index (χ4v) is 1.16. The van der Waals surface area contributed by atoms with E-state index in [1.165, 1.54) is 0 Å². The normalized spacial score (nSPS) is 12.1. The van der Waals surface area contributed by atoms with E-state index in [2.05, 4.69) is 20.4 Å².